The number of esters is 2. The molecule has 0 aliphatic heterocycles. The van der Waals surface area contributed by atoms with E-state index in [0.717, 1.165) is 37.0 Å². The van der Waals surface area contributed by atoms with E-state index in [1.54, 1.807) is 0 Å². The third-order valence-corrected chi connectivity index (χ3v) is 5.36. The van der Waals surface area contributed by atoms with Gasteiger partial charge < -0.3 is 14.6 Å². The molecule has 0 amide bonds. The Labute approximate surface area is 154 Å². The molecule has 4 fully saturated rings. The standard InChI is InChI=1S/C13H18O2.C7H10O4/c1-2-12(14)15-13-6-9-3-10(7-13)5-11(4-9)8-13;1-5(2)7(10)11-4-3-6(8)9/h2,9-11H,1,3-8H2;1,3-4H2,2H3,(H,8,9). The highest BCUT2D eigenvalue weighted by molar-refractivity contribution is 5.87. The molecule has 144 valence electrons. The van der Waals surface area contributed by atoms with E-state index >= 15 is 0 Å². The maximum absolute atomic E-state index is 11.4. The summed E-state index contributed by atoms with van der Waals surface area (Å²) in [5.41, 5.74) is 0.176. The van der Waals surface area contributed by atoms with Crippen molar-refractivity contribution in [2.24, 2.45) is 17.8 Å². The van der Waals surface area contributed by atoms with E-state index in [2.05, 4.69) is 17.9 Å². The zero-order valence-corrected chi connectivity index (χ0v) is 15.4. The number of ether oxygens (including phenoxy) is 2. The summed E-state index contributed by atoms with van der Waals surface area (Å²) < 4.78 is 10.1. The fraction of sp³-hybridized carbons (Fsp3) is 0.650. The Morgan fingerprint density at radius 1 is 1.12 bits per heavy atom. The fourth-order valence-electron chi connectivity index (χ4n) is 4.77. The Bertz CT molecular complexity index is 556. The van der Waals surface area contributed by atoms with Crippen molar-refractivity contribution >= 4 is 17.9 Å². The van der Waals surface area contributed by atoms with Crippen molar-refractivity contribution in [3.63, 3.8) is 0 Å². The largest absolute Gasteiger partial charge is 0.481 e. The number of hydrogen-bond acceptors (Lipinski definition) is 5. The maximum atomic E-state index is 11.4. The van der Waals surface area contributed by atoms with Gasteiger partial charge in [-0.25, -0.2) is 9.59 Å². The van der Waals surface area contributed by atoms with Gasteiger partial charge in [0.1, 0.15) is 12.2 Å². The number of rotatable bonds is 6. The van der Waals surface area contributed by atoms with Crippen LogP contribution in [0, 0.1) is 17.8 Å². The topological polar surface area (TPSA) is 89.9 Å². The van der Waals surface area contributed by atoms with Crippen LogP contribution in [0.15, 0.2) is 24.8 Å². The van der Waals surface area contributed by atoms with E-state index in [4.69, 9.17) is 9.84 Å². The van der Waals surface area contributed by atoms with Gasteiger partial charge in [-0.1, -0.05) is 13.2 Å². The summed E-state index contributed by atoms with van der Waals surface area (Å²) in [6.45, 7) is 8.22. The lowest BCUT2D eigenvalue weighted by Gasteiger charge is -2.55. The summed E-state index contributed by atoms with van der Waals surface area (Å²) in [4.78, 5) is 31.9. The van der Waals surface area contributed by atoms with Gasteiger partial charge in [-0.15, -0.1) is 0 Å². The summed E-state index contributed by atoms with van der Waals surface area (Å²) in [5.74, 6) is 0.722. The predicted octanol–water partition coefficient (Wildman–Crippen LogP) is 3.26. The van der Waals surface area contributed by atoms with Crippen LogP contribution in [0.5, 0.6) is 0 Å². The molecule has 4 aliphatic carbocycles. The van der Waals surface area contributed by atoms with Crippen molar-refractivity contribution in [3.05, 3.63) is 24.8 Å². The van der Waals surface area contributed by atoms with Gasteiger partial charge in [-0.3, -0.25) is 4.79 Å². The molecule has 0 spiro atoms. The number of carbonyl (C=O) groups is 3. The van der Waals surface area contributed by atoms with Gasteiger partial charge >= 0.3 is 17.9 Å². The average Bonchev–Trinajstić information content (AvgIpc) is 2.53. The molecule has 0 aromatic rings. The zero-order valence-electron chi connectivity index (χ0n) is 15.4. The summed E-state index contributed by atoms with van der Waals surface area (Å²) in [6.07, 6.45) is 8.61. The van der Waals surface area contributed by atoms with E-state index in [9.17, 15) is 14.4 Å². The van der Waals surface area contributed by atoms with Gasteiger partial charge in [0.25, 0.3) is 0 Å². The molecule has 4 rings (SSSR count). The number of carboxylic acids is 1. The lowest BCUT2D eigenvalue weighted by molar-refractivity contribution is -0.181. The van der Waals surface area contributed by atoms with Gasteiger partial charge in [-0.05, 0) is 63.2 Å². The van der Waals surface area contributed by atoms with Crippen molar-refractivity contribution in [2.45, 2.75) is 57.5 Å². The quantitative estimate of drug-likeness (QED) is 0.575. The SMILES string of the molecule is C=C(C)C(=O)OCCC(=O)O.C=CC(=O)OC12CC3CC(CC(C3)C1)C2. The first kappa shape index (κ1) is 20.2. The summed E-state index contributed by atoms with van der Waals surface area (Å²) in [5, 5.41) is 8.15. The van der Waals surface area contributed by atoms with Crippen molar-refractivity contribution in [1.82, 2.24) is 0 Å². The minimum atomic E-state index is -0.987. The van der Waals surface area contributed by atoms with Gasteiger partial charge in [0.15, 0.2) is 0 Å². The number of aliphatic carboxylic acids is 1. The van der Waals surface area contributed by atoms with Gasteiger partial charge in [0.2, 0.25) is 0 Å². The molecule has 0 atom stereocenters. The van der Waals surface area contributed by atoms with Crippen LogP contribution in [0.2, 0.25) is 0 Å². The van der Waals surface area contributed by atoms with Crippen LogP contribution < -0.4 is 0 Å². The van der Waals surface area contributed by atoms with Crippen LogP contribution in [0.3, 0.4) is 0 Å². The maximum Gasteiger partial charge on any atom is 0.333 e. The molecule has 0 radical (unpaired) electrons. The summed E-state index contributed by atoms with van der Waals surface area (Å²) in [6, 6.07) is 0. The van der Waals surface area contributed by atoms with Crippen LogP contribution in [-0.4, -0.2) is 35.2 Å². The van der Waals surface area contributed by atoms with E-state index in [0.29, 0.717) is 0 Å². The van der Waals surface area contributed by atoms with E-state index in [1.807, 2.05) is 0 Å². The highest BCUT2D eigenvalue weighted by Crippen LogP contribution is 2.57. The summed E-state index contributed by atoms with van der Waals surface area (Å²) in [7, 11) is 0. The van der Waals surface area contributed by atoms with E-state index in [1.165, 1.54) is 32.3 Å². The van der Waals surface area contributed by atoms with Crippen LogP contribution >= 0.6 is 0 Å². The first-order valence-corrected chi connectivity index (χ1v) is 9.13. The van der Waals surface area contributed by atoms with Crippen molar-refractivity contribution in [3.8, 4) is 0 Å². The fourth-order valence-corrected chi connectivity index (χ4v) is 4.77. The molecule has 6 nitrogen and oxygen atoms in total. The average molecular weight is 364 g/mol. The molecule has 4 saturated carbocycles. The van der Waals surface area contributed by atoms with Gasteiger partial charge in [0, 0.05) is 11.6 Å². The number of carboxylic acid groups (broad SMARTS) is 1. The third-order valence-electron chi connectivity index (χ3n) is 5.36. The lowest BCUT2D eigenvalue weighted by atomic mass is 9.54. The molecular weight excluding hydrogens is 336 g/mol. The highest BCUT2D eigenvalue weighted by atomic mass is 16.6. The molecule has 6 heteroatoms. The molecule has 1 N–H and O–H groups in total. The predicted molar refractivity (Wildman–Crippen MR) is 95.2 cm³/mol. The first-order chi connectivity index (χ1) is 12.2. The van der Waals surface area contributed by atoms with Crippen LogP contribution in [0.4, 0.5) is 0 Å². The third kappa shape index (κ3) is 5.44. The summed E-state index contributed by atoms with van der Waals surface area (Å²) >= 11 is 0. The monoisotopic (exact) mass is 364 g/mol. The van der Waals surface area contributed by atoms with Crippen molar-refractivity contribution < 1.29 is 29.0 Å². The number of hydrogen-bond donors (Lipinski definition) is 1. The molecule has 26 heavy (non-hydrogen) atoms. The van der Waals surface area contributed by atoms with Crippen LogP contribution in [0.1, 0.15) is 51.9 Å². The van der Waals surface area contributed by atoms with Crippen LogP contribution in [-0.2, 0) is 23.9 Å². The molecule has 0 saturated heterocycles. The minimum absolute atomic E-state index is 0.0962. The van der Waals surface area contributed by atoms with Gasteiger partial charge in [0.05, 0.1) is 6.42 Å². The van der Waals surface area contributed by atoms with Crippen molar-refractivity contribution in [2.75, 3.05) is 6.61 Å². The van der Waals surface area contributed by atoms with Gasteiger partial charge in [-0.2, -0.15) is 0 Å². The molecule has 0 aromatic heterocycles. The second-order valence-corrected chi connectivity index (χ2v) is 7.79. The molecule has 0 heterocycles. The zero-order chi connectivity index (χ0) is 19.3. The molecule has 4 bridgehead atoms. The van der Waals surface area contributed by atoms with E-state index in [-0.39, 0.29) is 30.2 Å². The molecular formula is C20H28O6. The normalized spacial score (nSPS) is 30.6. The second kappa shape index (κ2) is 8.52. The van der Waals surface area contributed by atoms with Crippen LogP contribution in [0.25, 0.3) is 0 Å². The Kier molecular flexibility index (Phi) is 6.62. The Balaban J connectivity index is 0.000000199. The second-order valence-electron chi connectivity index (χ2n) is 7.79. The van der Waals surface area contributed by atoms with Crippen molar-refractivity contribution in [1.29, 1.82) is 0 Å². The smallest absolute Gasteiger partial charge is 0.333 e. The highest BCUT2D eigenvalue weighted by Gasteiger charge is 2.52. The molecule has 0 aromatic carbocycles. The Hall–Kier alpha value is -2.11. The Morgan fingerprint density at radius 3 is 2.00 bits per heavy atom. The van der Waals surface area contributed by atoms with E-state index < -0.39 is 11.9 Å². The first-order valence-electron chi connectivity index (χ1n) is 9.13. The molecule has 4 aliphatic rings. The lowest BCUT2D eigenvalue weighted by Crippen LogP contribution is -2.52. The Morgan fingerprint density at radius 2 is 1.62 bits per heavy atom. The molecule has 0 unspecified atom stereocenters. The minimum Gasteiger partial charge on any atom is -0.481 e. The number of carbonyl (C=O) groups excluding carboxylic acids is 2.